The number of thiol groups is 2. The zero-order valence-electron chi connectivity index (χ0n) is 17.4. The van der Waals surface area contributed by atoms with Gasteiger partial charge in [-0.2, -0.15) is 25.3 Å². The van der Waals surface area contributed by atoms with Crippen LogP contribution in [0.4, 0.5) is 0 Å². The van der Waals surface area contributed by atoms with Crippen LogP contribution in [0, 0.1) is 11.8 Å². The number of benzene rings is 1. The lowest BCUT2D eigenvalue weighted by Crippen LogP contribution is -2.14. The van der Waals surface area contributed by atoms with Gasteiger partial charge in [0, 0.05) is 42.6 Å². The van der Waals surface area contributed by atoms with Crippen molar-refractivity contribution in [3.63, 3.8) is 0 Å². The fourth-order valence-electron chi connectivity index (χ4n) is 3.08. The van der Waals surface area contributed by atoms with Crippen LogP contribution < -0.4 is 0 Å². The predicted octanol–water partition coefficient (Wildman–Crippen LogP) is 9.08. The second-order valence-corrected chi connectivity index (χ2v) is 15.1. The van der Waals surface area contributed by atoms with E-state index in [0.29, 0.717) is 9.16 Å². The third kappa shape index (κ3) is 7.78. The SMILES string of the molecule is CCC(CSc1ccc(SCC(CC)C2SC=C(CS)S2)cc1)C1SC=C(CS)S1. The Labute approximate surface area is 219 Å². The van der Waals surface area contributed by atoms with Gasteiger partial charge in [-0.15, -0.1) is 70.6 Å². The number of hydrogen-bond donors (Lipinski definition) is 2. The minimum atomic E-state index is 0.661. The van der Waals surface area contributed by atoms with Crippen LogP contribution in [0.5, 0.6) is 0 Å². The third-order valence-electron chi connectivity index (χ3n) is 5.08. The van der Waals surface area contributed by atoms with Crippen molar-refractivity contribution in [3.8, 4) is 0 Å². The molecule has 0 bridgehead atoms. The maximum Gasteiger partial charge on any atom is 0.0624 e. The molecule has 0 nitrogen and oxygen atoms in total. The molecule has 0 spiro atoms. The molecular formula is C22H30S8. The van der Waals surface area contributed by atoms with Gasteiger partial charge in [0.25, 0.3) is 0 Å². The molecule has 8 heteroatoms. The highest BCUT2D eigenvalue weighted by atomic mass is 32.2. The van der Waals surface area contributed by atoms with Crippen LogP contribution in [0.1, 0.15) is 26.7 Å². The van der Waals surface area contributed by atoms with E-state index < -0.39 is 0 Å². The lowest BCUT2D eigenvalue weighted by atomic mass is 10.1. The van der Waals surface area contributed by atoms with Crippen LogP contribution >= 0.6 is 95.8 Å². The molecule has 4 atom stereocenters. The summed E-state index contributed by atoms with van der Waals surface area (Å²) in [6.45, 7) is 4.65. The van der Waals surface area contributed by atoms with E-state index in [2.05, 4.69) is 74.2 Å². The summed E-state index contributed by atoms with van der Waals surface area (Å²) >= 11 is 20.9. The van der Waals surface area contributed by atoms with Crippen LogP contribution in [0.2, 0.25) is 0 Å². The summed E-state index contributed by atoms with van der Waals surface area (Å²) in [6, 6.07) is 9.25. The molecule has 0 amide bonds. The van der Waals surface area contributed by atoms with E-state index in [1.165, 1.54) is 43.9 Å². The van der Waals surface area contributed by atoms with Crippen LogP contribution in [0.15, 0.2) is 54.7 Å². The Bertz CT molecular complexity index is 653. The minimum Gasteiger partial charge on any atom is -0.174 e. The van der Waals surface area contributed by atoms with Crippen LogP contribution in [-0.2, 0) is 0 Å². The molecule has 0 saturated carbocycles. The largest absolute Gasteiger partial charge is 0.174 e. The van der Waals surface area contributed by atoms with Gasteiger partial charge in [-0.1, -0.05) is 26.7 Å². The van der Waals surface area contributed by atoms with E-state index in [4.69, 9.17) is 0 Å². The number of thioether (sulfide) groups is 6. The molecular weight excluding hydrogens is 521 g/mol. The Kier molecular flexibility index (Phi) is 12.2. The molecule has 0 saturated heterocycles. The first-order valence-electron chi connectivity index (χ1n) is 10.3. The summed E-state index contributed by atoms with van der Waals surface area (Å²) in [4.78, 5) is 5.64. The Morgan fingerprint density at radius 1 is 0.767 bits per heavy atom. The van der Waals surface area contributed by atoms with Gasteiger partial charge >= 0.3 is 0 Å². The maximum atomic E-state index is 4.42. The van der Waals surface area contributed by atoms with Crippen molar-refractivity contribution in [2.45, 2.75) is 45.6 Å². The molecule has 1 aromatic carbocycles. The van der Waals surface area contributed by atoms with Crippen molar-refractivity contribution < 1.29 is 0 Å². The monoisotopic (exact) mass is 550 g/mol. The molecule has 3 rings (SSSR count). The van der Waals surface area contributed by atoms with Crippen molar-refractivity contribution in [2.24, 2.45) is 11.8 Å². The Morgan fingerprint density at radius 3 is 1.47 bits per heavy atom. The van der Waals surface area contributed by atoms with E-state index in [0.717, 1.165) is 23.3 Å². The van der Waals surface area contributed by atoms with E-state index in [-0.39, 0.29) is 0 Å². The fourth-order valence-corrected chi connectivity index (χ4v) is 12.5. The van der Waals surface area contributed by atoms with Crippen molar-refractivity contribution in [2.75, 3.05) is 23.0 Å². The van der Waals surface area contributed by atoms with Gasteiger partial charge in [-0.05, 0) is 46.9 Å². The number of rotatable bonds is 12. The van der Waals surface area contributed by atoms with Gasteiger partial charge in [0.15, 0.2) is 0 Å². The lowest BCUT2D eigenvalue weighted by molar-refractivity contribution is 0.627. The second-order valence-electron chi connectivity index (χ2n) is 7.16. The molecule has 0 radical (unpaired) electrons. The quantitative estimate of drug-likeness (QED) is 0.195. The van der Waals surface area contributed by atoms with Crippen molar-refractivity contribution in [1.82, 2.24) is 0 Å². The standard InChI is InChI=1S/C22H30S8/c1-3-15(21-27-13-19(9-23)29-21)11-25-17-5-7-18(8-6-17)26-12-16(4-2)22-28-14-20(10-24)30-22/h5-8,13-16,21-24H,3-4,9-12H2,1-2H3. The van der Waals surface area contributed by atoms with Gasteiger partial charge in [0.05, 0.1) is 9.16 Å². The van der Waals surface area contributed by atoms with Crippen molar-refractivity contribution >= 4 is 95.8 Å². The van der Waals surface area contributed by atoms with Crippen LogP contribution in [-0.4, -0.2) is 32.2 Å². The molecule has 0 aromatic heterocycles. The molecule has 0 aliphatic carbocycles. The first-order valence-corrected chi connectivity index (χ1v) is 17.1. The summed E-state index contributed by atoms with van der Waals surface area (Å²) in [5.74, 6) is 5.60. The van der Waals surface area contributed by atoms with E-state index in [1.807, 2.05) is 70.6 Å². The Balaban J connectivity index is 1.43. The highest BCUT2D eigenvalue weighted by Gasteiger charge is 2.27. The zero-order chi connectivity index (χ0) is 21.3. The molecule has 2 aliphatic rings. The average molecular weight is 551 g/mol. The second kappa shape index (κ2) is 14.0. The highest BCUT2D eigenvalue weighted by molar-refractivity contribution is 8.23. The summed E-state index contributed by atoms with van der Waals surface area (Å²) in [6.07, 6.45) is 2.47. The third-order valence-corrected chi connectivity index (χ3v) is 14.6. The van der Waals surface area contributed by atoms with E-state index in [1.54, 1.807) is 0 Å². The number of hydrogen-bond acceptors (Lipinski definition) is 8. The van der Waals surface area contributed by atoms with Gasteiger partial charge < -0.3 is 0 Å². The van der Waals surface area contributed by atoms with Gasteiger partial charge in [0.2, 0.25) is 0 Å². The smallest absolute Gasteiger partial charge is 0.0624 e. The summed E-state index contributed by atoms with van der Waals surface area (Å²) in [5.41, 5.74) is 0. The molecule has 2 heterocycles. The topological polar surface area (TPSA) is 0 Å². The fraction of sp³-hybridized carbons (Fsp3) is 0.545. The molecule has 1 aromatic rings. The first-order chi connectivity index (χ1) is 14.7. The van der Waals surface area contributed by atoms with Crippen molar-refractivity contribution in [3.05, 3.63) is 44.9 Å². The summed E-state index contributed by atoms with van der Waals surface area (Å²) in [5, 5.41) is 4.62. The Hall–Kier alpha value is 1.50. The molecule has 0 N–H and O–H groups in total. The molecule has 0 fully saturated rings. The maximum absolute atomic E-state index is 4.42. The average Bonchev–Trinajstić information content (AvgIpc) is 3.45. The molecule has 30 heavy (non-hydrogen) atoms. The highest BCUT2D eigenvalue weighted by Crippen LogP contribution is 2.47. The molecule has 4 unspecified atom stereocenters. The Morgan fingerprint density at radius 2 is 1.17 bits per heavy atom. The normalized spacial score (nSPS) is 23.3. The van der Waals surface area contributed by atoms with Crippen LogP contribution in [0.25, 0.3) is 0 Å². The van der Waals surface area contributed by atoms with E-state index in [9.17, 15) is 0 Å². The van der Waals surface area contributed by atoms with Crippen molar-refractivity contribution in [1.29, 1.82) is 0 Å². The van der Waals surface area contributed by atoms with Gasteiger partial charge in [-0.3, -0.25) is 0 Å². The first kappa shape index (κ1) is 26.1. The summed E-state index contributed by atoms with van der Waals surface area (Å²) in [7, 11) is 0. The zero-order valence-corrected chi connectivity index (χ0v) is 24.0. The van der Waals surface area contributed by atoms with E-state index >= 15 is 0 Å². The van der Waals surface area contributed by atoms with Crippen LogP contribution in [0.3, 0.4) is 0 Å². The summed E-state index contributed by atoms with van der Waals surface area (Å²) < 4.78 is 1.32. The lowest BCUT2D eigenvalue weighted by Gasteiger charge is -2.21. The van der Waals surface area contributed by atoms with Gasteiger partial charge in [0.1, 0.15) is 0 Å². The molecule has 2 aliphatic heterocycles. The predicted molar refractivity (Wildman–Crippen MR) is 157 cm³/mol. The minimum absolute atomic E-state index is 0.661. The van der Waals surface area contributed by atoms with Gasteiger partial charge in [-0.25, -0.2) is 0 Å². The molecule has 166 valence electrons.